The molecule has 2 rings (SSSR count). The summed E-state index contributed by atoms with van der Waals surface area (Å²) in [7, 11) is 0. The molecular formula is C10H11ClO2. The lowest BCUT2D eigenvalue weighted by atomic mass is 10.2. The van der Waals surface area contributed by atoms with Crippen molar-refractivity contribution >= 4 is 11.6 Å². The van der Waals surface area contributed by atoms with Crippen LogP contribution in [0.25, 0.3) is 0 Å². The van der Waals surface area contributed by atoms with E-state index in [2.05, 4.69) is 0 Å². The molecule has 13 heavy (non-hydrogen) atoms. The van der Waals surface area contributed by atoms with Gasteiger partial charge in [-0.15, -0.1) is 0 Å². The van der Waals surface area contributed by atoms with Gasteiger partial charge in [0.25, 0.3) is 0 Å². The molecule has 0 radical (unpaired) electrons. The summed E-state index contributed by atoms with van der Waals surface area (Å²) in [6.45, 7) is 1.51. The fourth-order valence-corrected chi connectivity index (χ4v) is 1.26. The zero-order chi connectivity index (χ0) is 9.10. The maximum absolute atomic E-state index is 5.73. The Balaban J connectivity index is 1.83. The van der Waals surface area contributed by atoms with Gasteiger partial charge in [-0.05, 0) is 24.3 Å². The highest BCUT2D eigenvalue weighted by Crippen LogP contribution is 2.17. The van der Waals surface area contributed by atoms with Gasteiger partial charge in [0.05, 0.1) is 6.10 Å². The van der Waals surface area contributed by atoms with Crippen molar-refractivity contribution in [2.24, 2.45) is 0 Å². The molecular weight excluding hydrogens is 188 g/mol. The molecule has 1 aliphatic heterocycles. The van der Waals surface area contributed by atoms with Crippen LogP contribution in [-0.4, -0.2) is 19.3 Å². The van der Waals surface area contributed by atoms with Gasteiger partial charge in [0, 0.05) is 18.1 Å². The standard InChI is InChI=1S/C10H11ClO2/c11-8-1-3-9(4-2-8)13-7-10-5-6-12-10/h1-4,10H,5-7H2. The summed E-state index contributed by atoms with van der Waals surface area (Å²) in [5.41, 5.74) is 0. The second-order valence-electron chi connectivity index (χ2n) is 3.05. The average molecular weight is 199 g/mol. The molecule has 2 nitrogen and oxygen atoms in total. The molecule has 0 saturated carbocycles. The monoisotopic (exact) mass is 198 g/mol. The van der Waals surface area contributed by atoms with Crippen molar-refractivity contribution in [3.63, 3.8) is 0 Å². The van der Waals surface area contributed by atoms with Gasteiger partial charge in [-0.2, -0.15) is 0 Å². The fourth-order valence-electron chi connectivity index (χ4n) is 1.14. The summed E-state index contributed by atoms with van der Waals surface area (Å²) in [5.74, 6) is 0.847. The number of rotatable bonds is 3. The van der Waals surface area contributed by atoms with Crippen molar-refractivity contribution < 1.29 is 9.47 Å². The number of ether oxygens (including phenoxy) is 2. The van der Waals surface area contributed by atoms with Crippen LogP contribution in [-0.2, 0) is 4.74 Å². The third-order valence-electron chi connectivity index (χ3n) is 2.04. The van der Waals surface area contributed by atoms with Crippen LogP contribution in [0.5, 0.6) is 5.75 Å². The molecule has 0 aliphatic carbocycles. The first-order valence-corrected chi connectivity index (χ1v) is 4.72. The van der Waals surface area contributed by atoms with Crippen LogP contribution in [0, 0.1) is 0 Å². The normalized spacial score (nSPS) is 20.8. The Hall–Kier alpha value is -0.730. The topological polar surface area (TPSA) is 18.5 Å². The zero-order valence-electron chi connectivity index (χ0n) is 7.20. The van der Waals surface area contributed by atoms with Crippen molar-refractivity contribution in [1.29, 1.82) is 0 Å². The van der Waals surface area contributed by atoms with E-state index in [1.165, 1.54) is 0 Å². The molecule has 1 aliphatic rings. The smallest absolute Gasteiger partial charge is 0.119 e. The van der Waals surface area contributed by atoms with Crippen molar-refractivity contribution in [2.45, 2.75) is 12.5 Å². The maximum atomic E-state index is 5.73. The van der Waals surface area contributed by atoms with Gasteiger partial charge in [-0.1, -0.05) is 11.6 Å². The number of hydrogen-bond acceptors (Lipinski definition) is 2. The first kappa shape index (κ1) is 8.85. The van der Waals surface area contributed by atoms with Crippen molar-refractivity contribution in [2.75, 3.05) is 13.2 Å². The molecule has 1 aromatic rings. The van der Waals surface area contributed by atoms with E-state index in [1.807, 2.05) is 24.3 Å². The number of benzene rings is 1. The summed E-state index contributed by atoms with van der Waals surface area (Å²) in [6, 6.07) is 7.36. The van der Waals surface area contributed by atoms with Gasteiger partial charge in [-0.3, -0.25) is 0 Å². The molecule has 0 aromatic heterocycles. The van der Waals surface area contributed by atoms with E-state index in [1.54, 1.807) is 0 Å². The second-order valence-corrected chi connectivity index (χ2v) is 3.48. The van der Waals surface area contributed by atoms with Crippen molar-refractivity contribution in [3.05, 3.63) is 29.3 Å². The summed E-state index contributed by atoms with van der Waals surface area (Å²) in [5, 5.41) is 0.729. The van der Waals surface area contributed by atoms with Crippen LogP contribution in [0.2, 0.25) is 5.02 Å². The minimum atomic E-state index is 0.288. The molecule has 70 valence electrons. The van der Waals surface area contributed by atoms with Crippen LogP contribution < -0.4 is 4.74 Å². The molecule has 1 aromatic carbocycles. The molecule has 1 unspecified atom stereocenters. The van der Waals surface area contributed by atoms with Crippen molar-refractivity contribution in [1.82, 2.24) is 0 Å². The Morgan fingerprint density at radius 1 is 1.38 bits per heavy atom. The first-order chi connectivity index (χ1) is 6.34. The van der Waals surface area contributed by atoms with Crippen LogP contribution in [0.4, 0.5) is 0 Å². The molecule has 1 heterocycles. The Morgan fingerprint density at radius 3 is 2.62 bits per heavy atom. The van der Waals surface area contributed by atoms with E-state index >= 15 is 0 Å². The third-order valence-corrected chi connectivity index (χ3v) is 2.29. The third kappa shape index (κ3) is 2.36. The Morgan fingerprint density at radius 2 is 2.08 bits per heavy atom. The lowest BCUT2D eigenvalue weighted by Crippen LogP contribution is -2.32. The minimum Gasteiger partial charge on any atom is -0.491 e. The Labute approximate surface area is 82.4 Å². The van der Waals surface area contributed by atoms with Gasteiger partial charge in [0.2, 0.25) is 0 Å². The largest absolute Gasteiger partial charge is 0.491 e. The molecule has 3 heteroatoms. The fraction of sp³-hybridized carbons (Fsp3) is 0.400. The molecule has 0 amide bonds. The summed E-state index contributed by atoms with van der Waals surface area (Å²) >= 11 is 5.73. The molecule has 0 spiro atoms. The Bertz CT molecular complexity index is 267. The number of halogens is 1. The van der Waals surface area contributed by atoms with Crippen LogP contribution in [0.1, 0.15) is 6.42 Å². The van der Waals surface area contributed by atoms with E-state index in [0.29, 0.717) is 6.61 Å². The highest BCUT2D eigenvalue weighted by atomic mass is 35.5. The van der Waals surface area contributed by atoms with Gasteiger partial charge in [-0.25, -0.2) is 0 Å². The van der Waals surface area contributed by atoms with Crippen LogP contribution in [0.15, 0.2) is 24.3 Å². The second kappa shape index (κ2) is 3.99. The molecule has 0 N–H and O–H groups in total. The molecule has 1 saturated heterocycles. The summed E-state index contributed by atoms with van der Waals surface area (Å²) < 4.78 is 10.7. The highest BCUT2D eigenvalue weighted by molar-refractivity contribution is 6.30. The average Bonchev–Trinajstić information content (AvgIpc) is 2.05. The maximum Gasteiger partial charge on any atom is 0.119 e. The first-order valence-electron chi connectivity index (χ1n) is 4.34. The van der Waals surface area contributed by atoms with Gasteiger partial charge in [0.1, 0.15) is 12.4 Å². The molecule has 1 fully saturated rings. The number of hydrogen-bond donors (Lipinski definition) is 0. The Kier molecular flexibility index (Phi) is 2.71. The highest BCUT2D eigenvalue weighted by Gasteiger charge is 2.18. The minimum absolute atomic E-state index is 0.288. The zero-order valence-corrected chi connectivity index (χ0v) is 7.96. The van der Waals surface area contributed by atoms with E-state index in [4.69, 9.17) is 21.1 Å². The van der Waals surface area contributed by atoms with E-state index in [0.717, 1.165) is 23.8 Å². The van der Waals surface area contributed by atoms with Crippen molar-refractivity contribution in [3.8, 4) is 5.75 Å². The predicted octanol–water partition coefficient (Wildman–Crippen LogP) is 2.51. The molecule has 1 atom stereocenters. The van der Waals surface area contributed by atoms with E-state index < -0.39 is 0 Å². The summed E-state index contributed by atoms with van der Waals surface area (Å²) in [6.07, 6.45) is 1.39. The predicted molar refractivity (Wildman–Crippen MR) is 51.3 cm³/mol. The van der Waals surface area contributed by atoms with Gasteiger partial charge >= 0.3 is 0 Å². The van der Waals surface area contributed by atoms with Crippen LogP contribution >= 0.6 is 11.6 Å². The van der Waals surface area contributed by atoms with Gasteiger partial charge < -0.3 is 9.47 Å². The SMILES string of the molecule is Clc1ccc(OCC2CCO2)cc1. The quantitative estimate of drug-likeness (QED) is 0.743. The van der Waals surface area contributed by atoms with Gasteiger partial charge in [0.15, 0.2) is 0 Å². The van der Waals surface area contributed by atoms with Crippen LogP contribution in [0.3, 0.4) is 0 Å². The summed E-state index contributed by atoms with van der Waals surface area (Å²) in [4.78, 5) is 0. The van der Waals surface area contributed by atoms with E-state index in [9.17, 15) is 0 Å². The molecule has 0 bridgehead atoms. The van der Waals surface area contributed by atoms with E-state index in [-0.39, 0.29) is 6.10 Å². The lowest BCUT2D eigenvalue weighted by Gasteiger charge is -2.26. The lowest BCUT2D eigenvalue weighted by molar-refractivity contribution is -0.0720.